The van der Waals surface area contributed by atoms with Gasteiger partial charge in [-0.1, -0.05) is 0 Å². The summed E-state index contributed by atoms with van der Waals surface area (Å²) in [4.78, 5) is -0.508. The zero-order valence-corrected chi connectivity index (χ0v) is 13.5. The Hall–Kier alpha value is -0.700. The maximum Gasteiger partial charge on any atom is 0.243 e. The molecule has 0 spiro atoms. The van der Waals surface area contributed by atoms with E-state index in [9.17, 15) is 17.2 Å². The van der Waals surface area contributed by atoms with Crippen molar-refractivity contribution >= 4 is 21.8 Å². The molecule has 21 heavy (non-hydrogen) atoms. The van der Waals surface area contributed by atoms with E-state index in [2.05, 4.69) is 10.0 Å². The maximum absolute atomic E-state index is 14.2. The van der Waals surface area contributed by atoms with Crippen LogP contribution in [0.2, 0.25) is 0 Å². The Balaban J connectivity index is 2.25. The Morgan fingerprint density at radius 1 is 1.33 bits per heavy atom. The lowest BCUT2D eigenvalue weighted by Crippen LogP contribution is -2.32. The molecule has 2 rings (SSSR count). The van der Waals surface area contributed by atoms with Gasteiger partial charge in [-0.25, -0.2) is 21.9 Å². The predicted molar refractivity (Wildman–Crippen MR) is 79.8 cm³/mol. The normalized spacial score (nSPS) is 17.0. The summed E-state index contributed by atoms with van der Waals surface area (Å²) >= 11 is 1.60. The molecule has 118 valence electrons. The summed E-state index contributed by atoms with van der Waals surface area (Å²) in [5.74, 6) is -1.80. The molecule has 0 bridgehead atoms. The molecule has 0 radical (unpaired) electrons. The Morgan fingerprint density at radius 3 is 2.52 bits per heavy atom. The lowest BCUT2D eigenvalue weighted by Gasteiger charge is -2.15. The van der Waals surface area contributed by atoms with Crippen molar-refractivity contribution in [2.45, 2.75) is 29.0 Å². The van der Waals surface area contributed by atoms with Gasteiger partial charge in [-0.3, -0.25) is 0 Å². The first kappa shape index (κ1) is 16.7. The fourth-order valence-electron chi connectivity index (χ4n) is 2.02. The van der Waals surface area contributed by atoms with Crippen molar-refractivity contribution in [3.05, 3.63) is 29.3 Å². The topological polar surface area (TPSA) is 58.2 Å². The van der Waals surface area contributed by atoms with Crippen molar-refractivity contribution in [3.63, 3.8) is 0 Å². The van der Waals surface area contributed by atoms with Crippen LogP contribution in [0.25, 0.3) is 0 Å². The summed E-state index contributed by atoms with van der Waals surface area (Å²) in [5.41, 5.74) is -0.272. The lowest BCUT2D eigenvalue weighted by molar-refractivity contribution is 0.517. The Kier molecular flexibility index (Phi) is 4.92. The Labute approximate surface area is 127 Å². The van der Waals surface area contributed by atoms with Gasteiger partial charge in [0.25, 0.3) is 0 Å². The number of benzene rings is 1. The van der Waals surface area contributed by atoms with Crippen LogP contribution in [0.3, 0.4) is 0 Å². The van der Waals surface area contributed by atoms with E-state index in [1.54, 1.807) is 11.8 Å². The van der Waals surface area contributed by atoms with E-state index in [0.29, 0.717) is 0 Å². The van der Waals surface area contributed by atoms with Crippen molar-refractivity contribution in [1.82, 2.24) is 10.0 Å². The molecule has 2 N–H and O–H groups in total. The van der Waals surface area contributed by atoms with Gasteiger partial charge in [0.1, 0.15) is 10.7 Å². The molecular weight excluding hydrogens is 318 g/mol. The SMILES string of the molecule is CNCc1c(F)ccc(S(=O)(=O)NCC2(SC)CC2)c1F. The van der Waals surface area contributed by atoms with Crippen LogP contribution >= 0.6 is 11.8 Å². The largest absolute Gasteiger partial charge is 0.315 e. The Morgan fingerprint density at radius 2 is 2.00 bits per heavy atom. The third-order valence-corrected chi connectivity index (χ3v) is 6.46. The Bertz CT molecular complexity index is 631. The van der Waals surface area contributed by atoms with Crippen LogP contribution in [-0.4, -0.2) is 33.0 Å². The van der Waals surface area contributed by atoms with Crippen LogP contribution in [0.5, 0.6) is 0 Å². The molecule has 1 aliphatic carbocycles. The van der Waals surface area contributed by atoms with Gasteiger partial charge in [0.15, 0.2) is 5.82 Å². The molecule has 8 heteroatoms. The molecule has 1 fully saturated rings. The fraction of sp³-hybridized carbons (Fsp3) is 0.538. The van der Waals surface area contributed by atoms with Crippen molar-refractivity contribution in [1.29, 1.82) is 0 Å². The second-order valence-corrected chi connectivity index (χ2v) is 8.09. The molecule has 0 amide bonds. The zero-order chi connectivity index (χ0) is 15.7. The van der Waals surface area contributed by atoms with Crippen LogP contribution in [0, 0.1) is 11.6 Å². The fourth-order valence-corrected chi connectivity index (χ4v) is 4.07. The molecule has 0 aromatic heterocycles. The smallest absolute Gasteiger partial charge is 0.243 e. The molecular formula is C13H18F2N2O2S2. The number of sulfonamides is 1. The number of rotatable bonds is 7. The van der Waals surface area contributed by atoms with Crippen LogP contribution in [-0.2, 0) is 16.6 Å². The minimum absolute atomic E-state index is 0.0720. The highest BCUT2D eigenvalue weighted by molar-refractivity contribution is 8.00. The second-order valence-electron chi connectivity index (χ2n) is 5.08. The van der Waals surface area contributed by atoms with E-state index < -0.39 is 26.6 Å². The summed E-state index contributed by atoms with van der Waals surface area (Å²) in [5, 5.41) is 2.62. The molecule has 0 saturated heterocycles. The van der Waals surface area contributed by atoms with Gasteiger partial charge in [-0.2, -0.15) is 11.8 Å². The molecule has 4 nitrogen and oxygen atoms in total. The average molecular weight is 336 g/mol. The third-order valence-electron chi connectivity index (χ3n) is 3.62. The highest BCUT2D eigenvalue weighted by Crippen LogP contribution is 2.46. The molecule has 0 aliphatic heterocycles. The standard InChI is InChI=1S/C13H18F2N2O2S2/c1-16-7-9-10(14)3-4-11(12(9)15)21(18,19)17-8-13(20-2)5-6-13/h3-4,16-17H,5-8H2,1-2H3. The van der Waals surface area contributed by atoms with Gasteiger partial charge in [0.2, 0.25) is 10.0 Å². The van der Waals surface area contributed by atoms with Gasteiger partial charge in [-0.05, 0) is 38.3 Å². The predicted octanol–water partition coefficient (Wildman–Crippen LogP) is 1.86. The first-order chi connectivity index (χ1) is 9.85. The summed E-state index contributed by atoms with van der Waals surface area (Å²) in [6.45, 7) is 0.185. The van der Waals surface area contributed by atoms with E-state index in [1.807, 2.05) is 6.26 Å². The highest BCUT2D eigenvalue weighted by Gasteiger charge is 2.42. The van der Waals surface area contributed by atoms with Gasteiger partial charge in [0, 0.05) is 23.4 Å². The number of thioether (sulfide) groups is 1. The molecule has 1 aromatic carbocycles. The van der Waals surface area contributed by atoms with Crippen molar-refractivity contribution in [2.75, 3.05) is 19.8 Å². The summed E-state index contributed by atoms with van der Waals surface area (Å²) < 4.78 is 54.5. The van der Waals surface area contributed by atoms with E-state index in [0.717, 1.165) is 25.0 Å². The van der Waals surface area contributed by atoms with E-state index >= 15 is 0 Å². The summed E-state index contributed by atoms with van der Waals surface area (Å²) in [6, 6.07) is 1.94. The van der Waals surface area contributed by atoms with E-state index in [-0.39, 0.29) is 23.4 Å². The van der Waals surface area contributed by atoms with Crippen LogP contribution < -0.4 is 10.0 Å². The molecule has 0 unspecified atom stereocenters. The monoisotopic (exact) mass is 336 g/mol. The molecule has 1 aliphatic rings. The summed E-state index contributed by atoms with van der Waals surface area (Å²) in [6.07, 6.45) is 3.80. The van der Waals surface area contributed by atoms with Crippen molar-refractivity contribution < 1.29 is 17.2 Å². The lowest BCUT2D eigenvalue weighted by atomic mass is 10.2. The first-order valence-electron chi connectivity index (χ1n) is 6.51. The minimum atomic E-state index is -3.98. The molecule has 0 heterocycles. The van der Waals surface area contributed by atoms with E-state index in [1.165, 1.54) is 7.05 Å². The van der Waals surface area contributed by atoms with Gasteiger partial charge in [-0.15, -0.1) is 0 Å². The molecule has 1 aromatic rings. The molecule has 1 saturated carbocycles. The third kappa shape index (κ3) is 3.56. The van der Waals surface area contributed by atoms with E-state index in [4.69, 9.17) is 0 Å². The molecule has 0 atom stereocenters. The van der Waals surface area contributed by atoms with Gasteiger partial charge in [0.05, 0.1) is 0 Å². The highest BCUT2D eigenvalue weighted by atomic mass is 32.2. The average Bonchev–Trinajstić information content (AvgIpc) is 3.22. The quantitative estimate of drug-likeness (QED) is 0.798. The number of hydrogen-bond acceptors (Lipinski definition) is 4. The number of nitrogens with one attached hydrogen (secondary N) is 2. The van der Waals surface area contributed by atoms with Crippen LogP contribution in [0.15, 0.2) is 17.0 Å². The van der Waals surface area contributed by atoms with Crippen LogP contribution in [0.1, 0.15) is 18.4 Å². The first-order valence-corrected chi connectivity index (χ1v) is 9.22. The van der Waals surface area contributed by atoms with Crippen molar-refractivity contribution in [3.8, 4) is 0 Å². The zero-order valence-electron chi connectivity index (χ0n) is 11.9. The van der Waals surface area contributed by atoms with Gasteiger partial charge < -0.3 is 5.32 Å². The summed E-state index contributed by atoms with van der Waals surface area (Å²) in [7, 11) is -2.45. The van der Waals surface area contributed by atoms with Crippen LogP contribution in [0.4, 0.5) is 8.78 Å². The number of halogens is 2. The maximum atomic E-state index is 14.2. The van der Waals surface area contributed by atoms with Gasteiger partial charge >= 0.3 is 0 Å². The van der Waals surface area contributed by atoms with Crippen molar-refractivity contribution in [2.24, 2.45) is 0 Å². The second kappa shape index (κ2) is 6.20. The minimum Gasteiger partial charge on any atom is -0.315 e. The number of hydrogen-bond donors (Lipinski definition) is 2.